The minimum atomic E-state index is -0.294. The van der Waals surface area contributed by atoms with E-state index in [1.165, 1.54) is 0 Å². The predicted molar refractivity (Wildman–Crippen MR) is 63.9 cm³/mol. The molecule has 1 saturated heterocycles. The van der Waals surface area contributed by atoms with E-state index in [0.29, 0.717) is 26.2 Å². The monoisotopic (exact) mass is 265 g/mol. The van der Waals surface area contributed by atoms with Crippen LogP contribution in [0, 0.1) is 5.92 Å². The van der Waals surface area contributed by atoms with Crippen molar-refractivity contribution in [2.45, 2.75) is 12.8 Å². The van der Waals surface area contributed by atoms with Gasteiger partial charge in [0.15, 0.2) is 0 Å². The topological polar surface area (TPSA) is 106 Å². The number of nitrogens with two attached hydrogens (primary N) is 1. The number of rotatable bonds is 2. The normalized spacial score (nSPS) is 19.6. The Kier molecular flexibility index (Phi) is 2.84. The van der Waals surface area contributed by atoms with E-state index in [-0.39, 0.29) is 29.2 Å². The molecule has 2 N–H and O–H groups in total. The summed E-state index contributed by atoms with van der Waals surface area (Å²) in [6.07, 6.45) is 2.00. The van der Waals surface area contributed by atoms with E-state index >= 15 is 0 Å². The molecule has 2 aliphatic rings. The minimum Gasteiger partial charge on any atom is -0.379 e. The fourth-order valence-corrected chi connectivity index (χ4v) is 2.21. The van der Waals surface area contributed by atoms with Crippen molar-refractivity contribution in [1.82, 2.24) is 20.1 Å². The van der Waals surface area contributed by atoms with Crippen LogP contribution in [0.4, 0.5) is 5.82 Å². The summed E-state index contributed by atoms with van der Waals surface area (Å²) in [6.45, 7) is 2.10. The highest BCUT2D eigenvalue weighted by atomic mass is 16.6. The molecule has 0 unspecified atom stereocenters. The van der Waals surface area contributed by atoms with Crippen LogP contribution in [0.3, 0.4) is 0 Å². The van der Waals surface area contributed by atoms with Gasteiger partial charge in [-0.2, -0.15) is 0 Å². The largest absolute Gasteiger partial charge is 0.379 e. The molecular weight excluding hydrogens is 250 g/mol. The van der Waals surface area contributed by atoms with Gasteiger partial charge in [-0.15, -0.1) is 0 Å². The molecule has 0 atom stereocenters. The van der Waals surface area contributed by atoms with E-state index in [9.17, 15) is 9.59 Å². The van der Waals surface area contributed by atoms with Crippen molar-refractivity contribution in [3.05, 3.63) is 5.69 Å². The number of anilines is 1. The molecular formula is C11H15N5O3. The van der Waals surface area contributed by atoms with Gasteiger partial charge in [-0.1, -0.05) is 0 Å². The Bertz CT molecular complexity index is 502. The Labute approximate surface area is 109 Å². The first-order chi connectivity index (χ1) is 9.16. The van der Waals surface area contributed by atoms with E-state index in [0.717, 1.165) is 12.8 Å². The Morgan fingerprint density at radius 2 is 1.74 bits per heavy atom. The van der Waals surface area contributed by atoms with Crippen LogP contribution in [0.25, 0.3) is 0 Å². The highest BCUT2D eigenvalue weighted by Crippen LogP contribution is 2.31. The fourth-order valence-electron chi connectivity index (χ4n) is 2.21. The van der Waals surface area contributed by atoms with Gasteiger partial charge >= 0.3 is 0 Å². The number of piperazine rings is 1. The lowest BCUT2D eigenvalue weighted by Crippen LogP contribution is -2.51. The minimum absolute atomic E-state index is 0.00138. The molecule has 1 aliphatic carbocycles. The van der Waals surface area contributed by atoms with Gasteiger partial charge < -0.3 is 15.5 Å². The number of hydrogen-bond donors (Lipinski definition) is 1. The molecule has 0 spiro atoms. The molecule has 2 heterocycles. The van der Waals surface area contributed by atoms with Crippen LogP contribution in [-0.4, -0.2) is 58.1 Å². The molecule has 0 aromatic carbocycles. The maximum atomic E-state index is 12.1. The molecule has 0 bridgehead atoms. The molecule has 8 heteroatoms. The number of carbonyl (C=O) groups excluding carboxylic acids is 2. The van der Waals surface area contributed by atoms with Crippen LogP contribution in [-0.2, 0) is 4.79 Å². The molecule has 19 heavy (non-hydrogen) atoms. The number of nitrogen functional groups attached to an aromatic ring is 1. The van der Waals surface area contributed by atoms with E-state index in [1.807, 2.05) is 4.90 Å². The highest BCUT2D eigenvalue weighted by molar-refractivity contribution is 5.96. The summed E-state index contributed by atoms with van der Waals surface area (Å²) < 4.78 is 4.42. The summed E-state index contributed by atoms with van der Waals surface area (Å²) in [7, 11) is 0. The number of hydrogen-bond acceptors (Lipinski definition) is 6. The maximum Gasteiger partial charge on any atom is 0.280 e. The Morgan fingerprint density at radius 3 is 2.26 bits per heavy atom. The molecule has 0 radical (unpaired) electrons. The third-order valence-corrected chi connectivity index (χ3v) is 3.52. The summed E-state index contributed by atoms with van der Waals surface area (Å²) in [5, 5.41) is 6.89. The van der Waals surface area contributed by atoms with Gasteiger partial charge in [-0.25, -0.2) is 4.63 Å². The standard InChI is InChI=1S/C11H15N5O3/c12-9-8(13-19-14-9)11(18)16-5-3-15(4-6-16)10(17)7-1-2-7/h7H,1-6H2,(H2,12,14). The Balaban J connectivity index is 1.59. The van der Waals surface area contributed by atoms with E-state index in [2.05, 4.69) is 14.9 Å². The van der Waals surface area contributed by atoms with Crippen molar-refractivity contribution in [2.75, 3.05) is 31.9 Å². The van der Waals surface area contributed by atoms with Crippen molar-refractivity contribution in [1.29, 1.82) is 0 Å². The maximum absolute atomic E-state index is 12.1. The molecule has 2 fully saturated rings. The summed E-state index contributed by atoms with van der Waals surface area (Å²) in [5.74, 6) is 0.145. The molecule has 2 amide bonds. The van der Waals surface area contributed by atoms with Crippen molar-refractivity contribution < 1.29 is 14.2 Å². The summed E-state index contributed by atoms with van der Waals surface area (Å²) in [4.78, 5) is 27.4. The average Bonchev–Trinajstić information content (AvgIpc) is 3.20. The van der Waals surface area contributed by atoms with Crippen LogP contribution in [0.15, 0.2) is 4.63 Å². The molecule has 1 saturated carbocycles. The van der Waals surface area contributed by atoms with E-state index in [1.54, 1.807) is 4.90 Å². The van der Waals surface area contributed by atoms with Gasteiger partial charge in [0.1, 0.15) is 0 Å². The van der Waals surface area contributed by atoms with E-state index in [4.69, 9.17) is 5.73 Å². The fraction of sp³-hybridized carbons (Fsp3) is 0.636. The van der Waals surface area contributed by atoms with Crippen molar-refractivity contribution in [2.24, 2.45) is 5.92 Å². The van der Waals surface area contributed by atoms with E-state index < -0.39 is 0 Å². The second-order valence-electron chi connectivity index (χ2n) is 4.89. The summed E-state index contributed by atoms with van der Waals surface area (Å²) >= 11 is 0. The average molecular weight is 265 g/mol. The molecule has 1 aromatic rings. The number of amides is 2. The van der Waals surface area contributed by atoms with Crippen molar-refractivity contribution in [3.8, 4) is 0 Å². The zero-order chi connectivity index (χ0) is 13.4. The number of nitrogens with zero attached hydrogens (tertiary/aromatic N) is 4. The van der Waals surface area contributed by atoms with Gasteiger partial charge in [0.2, 0.25) is 17.4 Å². The van der Waals surface area contributed by atoms with Crippen LogP contribution in [0.2, 0.25) is 0 Å². The predicted octanol–water partition coefficient (Wildman–Crippen LogP) is -0.654. The number of aromatic nitrogens is 2. The summed E-state index contributed by atoms with van der Waals surface area (Å²) in [5.41, 5.74) is 5.54. The first-order valence-corrected chi connectivity index (χ1v) is 6.33. The van der Waals surface area contributed by atoms with Crippen molar-refractivity contribution >= 4 is 17.6 Å². The first kappa shape index (κ1) is 11.9. The molecule has 8 nitrogen and oxygen atoms in total. The summed E-state index contributed by atoms with van der Waals surface area (Å²) in [6, 6.07) is 0. The first-order valence-electron chi connectivity index (χ1n) is 6.33. The zero-order valence-corrected chi connectivity index (χ0v) is 10.4. The second kappa shape index (κ2) is 4.52. The van der Waals surface area contributed by atoms with Gasteiger partial charge in [0.05, 0.1) is 0 Å². The van der Waals surface area contributed by atoms with Crippen molar-refractivity contribution in [3.63, 3.8) is 0 Å². The van der Waals surface area contributed by atoms with Crippen LogP contribution < -0.4 is 5.73 Å². The van der Waals surface area contributed by atoms with Gasteiger partial charge in [0.25, 0.3) is 5.91 Å². The van der Waals surface area contributed by atoms with Crippen LogP contribution >= 0.6 is 0 Å². The lowest BCUT2D eigenvalue weighted by Gasteiger charge is -2.34. The Morgan fingerprint density at radius 1 is 1.11 bits per heavy atom. The molecule has 102 valence electrons. The third-order valence-electron chi connectivity index (χ3n) is 3.52. The molecule has 1 aliphatic heterocycles. The second-order valence-corrected chi connectivity index (χ2v) is 4.89. The SMILES string of the molecule is Nc1nonc1C(=O)N1CCN(C(=O)C2CC2)CC1. The lowest BCUT2D eigenvalue weighted by atomic mass is 10.2. The smallest absolute Gasteiger partial charge is 0.280 e. The molecule has 3 rings (SSSR count). The quantitative estimate of drug-likeness (QED) is 0.761. The van der Waals surface area contributed by atoms with Gasteiger partial charge in [0, 0.05) is 32.1 Å². The van der Waals surface area contributed by atoms with Crippen LogP contribution in [0.1, 0.15) is 23.3 Å². The third kappa shape index (κ3) is 2.25. The van der Waals surface area contributed by atoms with Gasteiger partial charge in [-0.3, -0.25) is 9.59 Å². The van der Waals surface area contributed by atoms with Gasteiger partial charge in [-0.05, 0) is 23.2 Å². The lowest BCUT2D eigenvalue weighted by molar-refractivity contribution is -0.134. The highest BCUT2D eigenvalue weighted by Gasteiger charge is 2.35. The molecule has 1 aromatic heterocycles. The number of carbonyl (C=O) groups is 2. The van der Waals surface area contributed by atoms with Crippen LogP contribution in [0.5, 0.6) is 0 Å². The Hall–Kier alpha value is -2.12. The zero-order valence-electron chi connectivity index (χ0n) is 10.4.